The second-order valence-corrected chi connectivity index (χ2v) is 7.82. The van der Waals surface area contributed by atoms with E-state index in [2.05, 4.69) is 10.1 Å². The molecule has 11 heteroatoms. The van der Waals surface area contributed by atoms with Gasteiger partial charge in [0.25, 0.3) is 0 Å². The number of aliphatic hydroxyl groups excluding tert-OH is 1. The Kier molecular flexibility index (Phi) is 6.21. The van der Waals surface area contributed by atoms with Crippen molar-refractivity contribution in [2.75, 3.05) is 0 Å². The van der Waals surface area contributed by atoms with Crippen LogP contribution < -0.4 is 34.7 Å². The predicted molar refractivity (Wildman–Crippen MR) is 94.7 cm³/mol. The summed E-state index contributed by atoms with van der Waals surface area (Å²) in [6, 6.07) is 5.32. The van der Waals surface area contributed by atoms with Crippen molar-refractivity contribution in [1.82, 2.24) is 19.7 Å². The number of aryl methyl sites for hydroxylation is 1. The van der Waals surface area contributed by atoms with Crippen molar-refractivity contribution in [3.63, 3.8) is 0 Å². The zero-order valence-electron chi connectivity index (χ0n) is 16.0. The number of rotatable bonds is 5. The number of fused-ring (bicyclic) bond motifs is 1. The van der Waals surface area contributed by atoms with Gasteiger partial charge in [0.05, 0.1) is 29.7 Å². The minimum Gasteiger partial charge on any atom is -0.543 e. The number of halogens is 1. The Hall–Kier alpha value is -1.72. The summed E-state index contributed by atoms with van der Waals surface area (Å²) in [4.78, 5) is 29.9. The molecule has 0 aliphatic carbocycles. The van der Waals surface area contributed by atoms with Gasteiger partial charge in [0.2, 0.25) is 5.91 Å². The number of aromatic nitrogens is 3. The van der Waals surface area contributed by atoms with Crippen molar-refractivity contribution >= 4 is 23.6 Å². The molecule has 1 aromatic carbocycles. The maximum atomic E-state index is 13.1. The molecule has 0 radical (unpaired) electrons. The van der Waals surface area contributed by atoms with Gasteiger partial charge in [0.1, 0.15) is 5.82 Å². The number of nitrogens with zero attached hydrogens (tertiary/aromatic N) is 4. The zero-order valence-corrected chi connectivity index (χ0v) is 18.8. The van der Waals surface area contributed by atoms with E-state index in [9.17, 15) is 24.2 Å². The summed E-state index contributed by atoms with van der Waals surface area (Å²) in [7, 11) is 1.66. The average Bonchev–Trinajstić information content (AvgIpc) is 3.14. The molecule has 146 valence electrons. The Bertz CT molecular complexity index is 1010. The van der Waals surface area contributed by atoms with Crippen LogP contribution in [0.3, 0.4) is 0 Å². The van der Waals surface area contributed by atoms with E-state index in [1.165, 1.54) is 28.6 Å². The van der Waals surface area contributed by atoms with Crippen molar-refractivity contribution in [3.8, 4) is 11.4 Å². The molecular weight excluding hydrogens is 410 g/mol. The zero-order chi connectivity index (χ0) is 20.2. The second kappa shape index (κ2) is 8.19. The molecule has 1 N–H and O–H groups in total. The molecule has 1 aromatic heterocycles. The third-order valence-electron chi connectivity index (χ3n) is 4.92. The number of benzene rings is 1. The minimum atomic E-state index is -1.44. The van der Waals surface area contributed by atoms with Crippen LogP contribution in [0.4, 0.5) is 4.39 Å². The Morgan fingerprint density at radius 3 is 2.62 bits per heavy atom. The first-order valence-electron chi connectivity index (χ1n) is 8.58. The smallest absolute Gasteiger partial charge is 0.543 e. The molecule has 3 heterocycles. The van der Waals surface area contributed by atoms with E-state index < -0.39 is 29.9 Å². The van der Waals surface area contributed by atoms with Crippen LogP contribution in [-0.4, -0.2) is 48.8 Å². The number of β-lactam (4-membered cyclic amide) rings is 1. The number of hydrogen-bond acceptors (Lipinski definition) is 7. The van der Waals surface area contributed by atoms with Crippen LogP contribution in [0.1, 0.15) is 13.3 Å². The summed E-state index contributed by atoms with van der Waals surface area (Å²) in [5, 5.41) is 26.2. The molecule has 1 saturated heterocycles. The molecule has 2 aliphatic heterocycles. The Morgan fingerprint density at radius 1 is 1.38 bits per heavy atom. The number of carboxylic acid groups (broad SMARTS) is 1. The normalized spacial score (nSPS) is 21.5. The van der Waals surface area contributed by atoms with Gasteiger partial charge in [0.15, 0.2) is 11.0 Å². The van der Waals surface area contributed by atoms with Gasteiger partial charge in [-0.15, -0.1) is 0 Å². The number of carbonyl (C=O) groups is 2. The van der Waals surface area contributed by atoms with Gasteiger partial charge in [-0.2, -0.15) is 5.10 Å². The van der Waals surface area contributed by atoms with Crippen LogP contribution in [0.15, 0.2) is 40.0 Å². The quantitative estimate of drug-likeness (QED) is 0.409. The van der Waals surface area contributed by atoms with E-state index in [0.29, 0.717) is 27.9 Å². The molecule has 0 spiro atoms. The first-order chi connectivity index (χ1) is 13.3. The van der Waals surface area contributed by atoms with Crippen LogP contribution in [-0.2, 0) is 16.6 Å². The van der Waals surface area contributed by atoms with Crippen LogP contribution in [0.25, 0.3) is 11.4 Å². The standard InChI is InChI=1S/C18H17FN4O4S.Na/c1-8(24)13-11-7-12(14(17(26)27)23(11)16(13)25)28-18-20-15(21-22(18)2)9-3-5-10(19)6-4-9;/h3-6,8,11,13,24H,7H2,1-2H3,(H,26,27);/q;+1/p-1/t8-,11-,13-;/m1./s1. The third-order valence-corrected chi connectivity index (χ3v) is 6.07. The molecule has 29 heavy (non-hydrogen) atoms. The first kappa shape index (κ1) is 22.0. The minimum absolute atomic E-state index is 0. The number of carboxylic acids is 1. The van der Waals surface area contributed by atoms with Gasteiger partial charge < -0.3 is 19.9 Å². The Morgan fingerprint density at radius 2 is 2.03 bits per heavy atom. The van der Waals surface area contributed by atoms with Crippen molar-refractivity contribution in [1.29, 1.82) is 0 Å². The van der Waals surface area contributed by atoms with Gasteiger partial charge in [-0.3, -0.25) is 4.79 Å². The van der Waals surface area contributed by atoms with E-state index in [-0.39, 0.29) is 41.1 Å². The van der Waals surface area contributed by atoms with E-state index in [0.717, 1.165) is 11.8 Å². The molecule has 1 fully saturated rings. The van der Waals surface area contributed by atoms with Crippen LogP contribution in [0.2, 0.25) is 0 Å². The van der Waals surface area contributed by atoms with Crippen LogP contribution in [0, 0.1) is 11.7 Å². The molecule has 0 unspecified atom stereocenters. The number of aliphatic hydroxyl groups is 1. The summed E-state index contributed by atoms with van der Waals surface area (Å²) in [5.41, 5.74) is 0.445. The van der Waals surface area contributed by atoms with Gasteiger partial charge in [-0.05, 0) is 31.2 Å². The fourth-order valence-corrected chi connectivity index (χ4v) is 4.66. The van der Waals surface area contributed by atoms with Crippen molar-refractivity contribution < 1.29 is 53.7 Å². The van der Waals surface area contributed by atoms with E-state index >= 15 is 0 Å². The van der Waals surface area contributed by atoms with E-state index in [1.807, 2.05) is 0 Å². The largest absolute Gasteiger partial charge is 1.00 e. The molecule has 4 rings (SSSR count). The summed E-state index contributed by atoms with van der Waals surface area (Å²) in [6.45, 7) is 1.52. The second-order valence-electron chi connectivity index (χ2n) is 6.76. The van der Waals surface area contributed by atoms with Gasteiger partial charge in [0, 0.05) is 23.9 Å². The predicted octanol–water partition coefficient (Wildman–Crippen LogP) is -2.71. The third kappa shape index (κ3) is 3.75. The molecule has 2 aromatic rings. The number of hydrogen-bond donors (Lipinski definition) is 1. The van der Waals surface area contributed by atoms with E-state index in [1.54, 1.807) is 19.2 Å². The van der Waals surface area contributed by atoms with Crippen molar-refractivity contribution in [2.24, 2.45) is 13.0 Å². The van der Waals surface area contributed by atoms with Crippen LogP contribution in [0.5, 0.6) is 0 Å². The Labute approximate surface area is 192 Å². The van der Waals surface area contributed by atoms with Crippen molar-refractivity contribution in [2.45, 2.75) is 30.6 Å². The van der Waals surface area contributed by atoms with Crippen LogP contribution >= 0.6 is 11.8 Å². The summed E-state index contributed by atoms with van der Waals surface area (Å²) >= 11 is 1.09. The fraction of sp³-hybridized carbons (Fsp3) is 0.333. The first-order valence-corrected chi connectivity index (χ1v) is 9.40. The number of thioether (sulfide) groups is 1. The molecule has 0 bridgehead atoms. The number of aliphatic carboxylic acids is 1. The SMILES string of the molecule is C[C@@H](O)[C@H]1C(=O)N2C(C(=O)[O-])=C(Sc3nc(-c4ccc(F)cc4)nn3C)C[C@H]12.[Na+]. The topological polar surface area (TPSA) is 111 Å². The monoisotopic (exact) mass is 426 g/mol. The van der Waals surface area contributed by atoms with Gasteiger partial charge >= 0.3 is 29.6 Å². The molecule has 2 aliphatic rings. The molecule has 8 nitrogen and oxygen atoms in total. The number of carbonyl (C=O) groups excluding carboxylic acids is 2. The van der Waals surface area contributed by atoms with Gasteiger partial charge in [-0.25, -0.2) is 14.1 Å². The van der Waals surface area contributed by atoms with E-state index in [4.69, 9.17) is 0 Å². The molecular formula is C18H16FN4NaO4S. The summed E-state index contributed by atoms with van der Waals surface area (Å²) < 4.78 is 14.6. The van der Waals surface area contributed by atoms with Gasteiger partial charge in [-0.1, -0.05) is 11.8 Å². The fourth-order valence-electron chi connectivity index (χ4n) is 3.60. The molecule has 0 saturated carbocycles. The summed E-state index contributed by atoms with van der Waals surface area (Å²) in [6.07, 6.45) is -0.561. The summed E-state index contributed by atoms with van der Waals surface area (Å²) in [5.74, 6) is -2.48. The number of amides is 1. The maximum Gasteiger partial charge on any atom is 1.00 e. The van der Waals surface area contributed by atoms with Crippen molar-refractivity contribution in [3.05, 3.63) is 40.7 Å². The molecule has 3 atom stereocenters. The maximum absolute atomic E-state index is 13.1. The average molecular weight is 426 g/mol. The Balaban J connectivity index is 0.00000240. The molecule has 1 amide bonds.